The Morgan fingerprint density at radius 3 is 2.42 bits per heavy atom. The Bertz CT molecular complexity index is 1430. The molecule has 0 aliphatic heterocycles. The largest absolute Gasteiger partial charge is 0.495 e. The first-order valence-corrected chi connectivity index (χ1v) is 11.3. The minimum absolute atomic E-state index is 0.00918. The van der Waals surface area contributed by atoms with Gasteiger partial charge in [0, 0.05) is 5.39 Å². The average Bonchev–Trinajstić information content (AvgIpc) is 3.16. The SMILES string of the molecule is COc1ccccc1N(CC(=O)N=Nc1c(O)[nH]c2ccccc12)S(=O)(=O)c1ccccc1. The highest BCUT2D eigenvalue weighted by molar-refractivity contribution is 7.92. The number of aromatic amines is 1. The number of methoxy groups -OCH3 is 1. The van der Waals surface area contributed by atoms with Gasteiger partial charge in [0.05, 0.1) is 23.2 Å². The number of carbonyl (C=O) groups excluding carboxylic acids is 1. The number of carbonyl (C=O) groups is 1. The number of fused-ring (bicyclic) bond motifs is 1. The molecule has 10 heteroatoms. The molecule has 0 fully saturated rings. The summed E-state index contributed by atoms with van der Waals surface area (Å²) in [5.41, 5.74) is 0.898. The molecule has 4 aromatic rings. The van der Waals surface area contributed by atoms with Crippen LogP contribution >= 0.6 is 0 Å². The van der Waals surface area contributed by atoms with Gasteiger partial charge in [-0.1, -0.05) is 48.5 Å². The van der Waals surface area contributed by atoms with Crippen LogP contribution in [0.3, 0.4) is 0 Å². The smallest absolute Gasteiger partial charge is 0.285 e. The highest BCUT2D eigenvalue weighted by atomic mass is 32.2. The van der Waals surface area contributed by atoms with Crippen molar-refractivity contribution in [2.24, 2.45) is 10.2 Å². The fraction of sp³-hybridized carbons (Fsp3) is 0.0870. The lowest BCUT2D eigenvalue weighted by atomic mass is 10.2. The molecule has 0 unspecified atom stereocenters. The van der Waals surface area contributed by atoms with Gasteiger partial charge in [0.2, 0.25) is 5.88 Å². The molecule has 3 aromatic carbocycles. The van der Waals surface area contributed by atoms with E-state index in [0.717, 1.165) is 4.31 Å². The number of nitrogens with zero attached hydrogens (tertiary/aromatic N) is 3. The molecule has 0 spiro atoms. The maximum Gasteiger partial charge on any atom is 0.285 e. The molecule has 9 nitrogen and oxygen atoms in total. The van der Waals surface area contributed by atoms with Gasteiger partial charge in [-0.2, -0.15) is 0 Å². The molecular formula is C23H20N4O5S. The summed E-state index contributed by atoms with van der Waals surface area (Å²) in [6, 6.07) is 21.2. The molecule has 1 aromatic heterocycles. The number of nitrogens with one attached hydrogen (secondary N) is 1. The monoisotopic (exact) mass is 464 g/mol. The molecule has 33 heavy (non-hydrogen) atoms. The van der Waals surface area contributed by atoms with Gasteiger partial charge >= 0.3 is 0 Å². The Hall–Kier alpha value is -4.18. The maximum atomic E-state index is 13.4. The van der Waals surface area contributed by atoms with E-state index in [1.165, 1.54) is 25.3 Å². The van der Waals surface area contributed by atoms with Crippen molar-refractivity contribution in [3.05, 3.63) is 78.9 Å². The zero-order chi connectivity index (χ0) is 23.4. The number of H-pyrrole nitrogens is 1. The molecule has 0 saturated heterocycles. The number of anilines is 1. The molecule has 0 saturated carbocycles. The van der Waals surface area contributed by atoms with Crippen LogP contribution in [-0.4, -0.2) is 38.1 Å². The van der Waals surface area contributed by atoms with Gasteiger partial charge in [0.1, 0.15) is 12.3 Å². The van der Waals surface area contributed by atoms with E-state index in [0.29, 0.717) is 10.9 Å². The predicted molar refractivity (Wildman–Crippen MR) is 123 cm³/mol. The van der Waals surface area contributed by atoms with Crippen molar-refractivity contribution in [1.82, 2.24) is 4.98 Å². The van der Waals surface area contributed by atoms with Crippen molar-refractivity contribution >= 4 is 38.2 Å². The second-order valence-corrected chi connectivity index (χ2v) is 8.82. The number of sulfonamides is 1. The zero-order valence-electron chi connectivity index (χ0n) is 17.5. The lowest BCUT2D eigenvalue weighted by Crippen LogP contribution is -2.35. The second-order valence-electron chi connectivity index (χ2n) is 6.96. The molecule has 0 aliphatic rings. The summed E-state index contributed by atoms with van der Waals surface area (Å²) < 4.78 is 33.0. The Morgan fingerprint density at radius 2 is 1.67 bits per heavy atom. The number of hydrogen-bond acceptors (Lipinski definition) is 6. The van der Waals surface area contributed by atoms with Crippen LogP contribution in [0.5, 0.6) is 11.6 Å². The van der Waals surface area contributed by atoms with Crippen LogP contribution < -0.4 is 9.04 Å². The van der Waals surface area contributed by atoms with Crippen molar-refractivity contribution in [3.63, 3.8) is 0 Å². The molecule has 0 radical (unpaired) electrons. The van der Waals surface area contributed by atoms with Crippen molar-refractivity contribution in [2.45, 2.75) is 4.90 Å². The van der Waals surface area contributed by atoms with E-state index in [1.54, 1.807) is 60.7 Å². The van der Waals surface area contributed by atoms with E-state index >= 15 is 0 Å². The highest BCUT2D eigenvalue weighted by Gasteiger charge is 2.29. The quantitative estimate of drug-likeness (QED) is 0.393. The van der Waals surface area contributed by atoms with E-state index in [9.17, 15) is 18.3 Å². The number of aromatic nitrogens is 1. The Kier molecular flexibility index (Phi) is 6.09. The minimum atomic E-state index is -4.12. The molecule has 0 bridgehead atoms. The third kappa shape index (κ3) is 4.41. The summed E-state index contributed by atoms with van der Waals surface area (Å²) in [5, 5.41) is 18.2. The molecule has 0 aliphatic carbocycles. The molecule has 1 amide bonds. The lowest BCUT2D eigenvalue weighted by Gasteiger charge is -2.24. The Balaban J connectivity index is 1.70. The van der Waals surface area contributed by atoms with Gasteiger partial charge in [-0.15, -0.1) is 10.2 Å². The van der Waals surface area contributed by atoms with Crippen LogP contribution in [0.1, 0.15) is 0 Å². The number of hydrogen-bond donors (Lipinski definition) is 2. The van der Waals surface area contributed by atoms with Crippen molar-refractivity contribution < 1.29 is 23.1 Å². The number of rotatable bonds is 7. The Morgan fingerprint density at radius 1 is 1.00 bits per heavy atom. The van der Waals surface area contributed by atoms with Crippen molar-refractivity contribution in [1.29, 1.82) is 0 Å². The first-order chi connectivity index (χ1) is 15.9. The summed E-state index contributed by atoms with van der Waals surface area (Å²) >= 11 is 0. The number of azo groups is 1. The van der Waals surface area contributed by atoms with Crippen LogP contribution in [-0.2, 0) is 14.8 Å². The van der Waals surface area contributed by atoms with E-state index in [-0.39, 0.29) is 27.9 Å². The number of ether oxygens (including phenoxy) is 1. The third-order valence-corrected chi connectivity index (χ3v) is 6.66. The molecule has 1 heterocycles. The standard InChI is InChI=1S/C23H20N4O5S/c1-32-20-14-8-7-13-19(20)27(33(30,31)16-9-3-2-4-10-16)15-21(28)25-26-22-17-11-5-6-12-18(17)24-23(22)29/h2-14,24,29H,15H2,1H3. The topological polar surface area (TPSA) is 124 Å². The zero-order valence-corrected chi connectivity index (χ0v) is 18.4. The molecule has 4 rings (SSSR count). The van der Waals surface area contributed by atoms with Gasteiger partial charge in [-0.05, 0) is 30.3 Å². The van der Waals surface area contributed by atoms with E-state index in [4.69, 9.17) is 4.74 Å². The van der Waals surface area contributed by atoms with Crippen molar-refractivity contribution in [2.75, 3.05) is 18.0 Å². The van der Waals surface area contributed by atoms with E-state index < -0.39 is 22.5 Å². The third-order valence-electron chi connectivity index (χ3n) is 4.89. The van der Waals surface area contributed by atoms with Crippen LogP contribution in [0.15, 0.2) is 94.0 Å². The predicted octanol–water partition coefficient (Wildman–Crippen LogP) is 4.39. The molecular weight excluding hydrogens is 444 g/mol. The molecule has 0 atom stereocenters. The summed E-state index contributed by atoms with van der Waals surface area (Å²) in [6.45, 7) is -0.621. The van der Waals surface area contributed by atoms with E-state index in [1.807, 2.05) is 0 Å². The fourth-order valence-electron chi connectivity index (χ4n) is 3.33. The summed E-state index contributed by atoms with van der Waals surface area (Å²) in [7, 11) is -2.71. The van der Waals surface area contributed by atoms with Crippen LogP contribution in [0, 0.1) is 0 Å². The number of benzene rings is 3. The lowest BCUT2D eigenvalue weighted by molar-refractivity contribution is -0.116. The molecule has 168 valence electrons. The Labute approximate surface area is 190 Å². The summed E-state index contributed by atoms with van der Waals surface area (Å²) in [5.74, 6) is -0.799. The number of amides is 1. The second kappa shape index (κ2) is 9.13. The fourth-order valence-corrected chi connectivity index (χ4v) is 4.78. The minimum Gasteiger partial charge on any atom is -0.495 e. The highest BCUT2D eigenvalue weighted by Crippen LogP contribution is 2.35. The normalized spacial score (nSPS) is 11.7. The van der Waals surface area contributed by atoms with Gasteiger partial charge in [0.25, 0.3) is 15.9 Å². The van der Waals surface area contributed by atoms with Gasteiger partial charge in [-0.3, -0.25) is 9.10 Å². The van der Waals surface area contributed by atoms with Gasteiger partial charge in [-0.25, -0.2) is 8.42 Å². The van der Waals surface area contributed by atoms with Gasteiger partial charge in [0.15, 0.2) is 5.69 Å². The van der Waals surface area contributed by atoms with Crippen LogP contribution in [0.25, 0.3) is 10.9 Å². The van der Waals surface area contributed by atoms with Crippen molar-refractivity contribution in [3.8, 4) is 11.6 Å². The maximum absolute atomic E-state index is 13.4. The van der Waals surface area contributed by atoms with Crippen LogP contribution in [0.4, 0.5) is 11.4 Å². The first-order valence-electron chi connectivity index (χ1n) is 9.87. The molecule has 2 N–H and O–H groups in total. The summed E-state index contributed by atoms with van der Waals surface area (Å²) in [4.78, 5) is 15.5. The number of para-hydroxylation sites is 3. The average molecular weight is 465 g/mol. The summed E-state index contributed by atoms with van der Waals surface area (Å²) in [6.07, 6.45) is 0. The van der Waals surface area contributed by atoms with Gasteiger partial charge < -0.3 is 14.8 Å². The number of aromatic hydroxyl groups is 1. The van der Waals surface area contributed by atoms with Crippen LogP contribution in [0.2, 0.25) is 0 Å². The first kappa shape index (κ1) is 22.0. The van der Waals surface area contributed by atoms with E-state index in [2.05, 4.69) is 15.2 Å².